The van der Waals surface area contributed by atoms with Crippen LogP contribution in [-0.2, 0) is 9.59 Å². The van der Waals surface area contributed by atoms with E-state index in [4.69, 9.17) is 9.84 Å². The maximum Gasteiger partial charge on any atom is 0.341 e. The Labute approximate surface area is 117 Å². The van der Waals surface area contributed by atoms with Crippen LogP contribution in [0.15, 0.2) is 24.3 Å². The molecule has 1 heterocycles. The number of carbonyl (C=O) groups is 2. The van der Waals surface area contributed by atoms with Crippen LogP contribution >= 0.6 is 0 Å². The van der Waals surface area contributed by atoms with Crippen LogP contribution in [0.25, 0.3) is 0 Å². The molecule has 6 heteroatoms. The zero-order valence-electron chi connectivity index (χ0n) is 11.1. The van der Waals surface area contributed by atoms with Crippen molar-refractivity contribution in [2.45, 2.75) is 12.8 Å². The van der Waals surface area contributed by atoms with Gasteiger partial charge in [-0.05, 0) is 43.7 Å². The van der Waals surface area contributed by atoms with Gasteiger partial charge in [-0.3, -0.25) is 4.79 Å². The first-order valence-electron chi connectivity index (χ1n) is 6.61. The summed E-state index contributed by atoms with van der Waals surface area (Å²) >= 11 is 0. The van der Waals surface area contributed by atoms with Gasteiger partial charge in [-0.1, -0.05) is 0 Å². The molecule has 1 atom stereocenters. The minimum absolute atomic E-state index is 0.00619. The highest BCUT2D eigenvalue weighted by Crippen LogP contribution is 2.18. The Morgan fingerprint density at radius 2 is 2.10 bits per heavy atom. The maximum atomic E-state index is 12.0. The molecule has 1 aliphatic rings. The highest BCUT2D eigenvalue weighted by atomic mass is 16.5. The first kappa shape index (κ1) is 14.3. The van der Waals surface area contributed by atoms with Crippen LogP contribution in [0.5, 0.6) is 5.75 Å². The summed E-state index contributed by atoms with van der Waals surface area (Å²) < 4.78 is 5.02. The summed E-state index contributed by atoms with van der Waals surface area (Å²) in [5.41, 5.74) is 0.684. The summed E-state index contributed by atoms with van der Waals surface area (Å²) in [5, 5.41) is 14.6. The van der Waals surface area contributed by atoms with E-state index in [0.717, 1.165) is 19.4 Å². The Morgan fingerprint density at radius 3 is 2.70 bits per heavy atom. The monoisotopic (exact) mass is 278 g/mol. The third-order valence-electron chi connectivity index (χ3n) is 3.15. The molecule has 6 nitrogen and oxygen atoms in total. The average molecular weight is 278 g/mol. The van der Waals surface area contributed by atoms with Gasteiger partial charge in [0, 0.05) is 12.2 Å². The highest BCUT2D eigenvalue weighted by molar-refractivity contribution is 5.92. The standard InChI is InChI=1S/C14H18N2O4/c17-13(18)9-20-12-5-3-11(4-6-12)16-14(19)10-2-1-7-15-8-10/h3-6,10,15H,1-2,7-9H2,(H,16,19)(H,17,18)/t10-/m1/s1. The van der Waals surface area contributed by atoms with Crippen molar-refractivity contribution < 1.29 is 19.4 Å². The Hall–Kier alpha value is -2.08. The molecule has 0 unspecified atom stereocenters. The van der Waals surface area contributed by atoms with Gasteiger partial charge in [-0.15, -0.1) is 0 Å². The van der Waals surface area contributed by atoms with Crippen molar-refractivity contribution in [3.8, 4) is 5.75 Å². The van der Waals surface area contributed by atoms with Crippen molar-refractivity contribution in [2.24, 2.45) is 5.92 Å². The second-order valence-corrected chi connectivity index (χ2v) is 4.74. The fourth-order valence-corrected chi connectivity index (χ4v) is 2.10. The fourth-order valence-electron chi connectivity index (χ4n) is 2.10. The van der Waals surface area contributed by atoms with Crippen molar-refractivity contribution >= 4 is 17.6 Å². The van der Waals surface area contributed by atoms with E-state index >= 15 is 0 Å². The lowest BCUT2D eigenvalue weighted by atomic mass is 9.99. The fraction of sp³-hybridized carbons (Fsp3) is 0.429. The number of hydrogen-bond acceptors (Lipinski definition) is 4. The van der Waals surface area contributed by atoms with Crippen molar-refractivity contribution in [3.63, 3.8) is 0 Å². The molecule has 0 bridgehead atoms. The first-order valence-corrected chi connectivity index (χ1v) is 6.61. The molecule has 20 heavy (non-hydrogen) atoms. The molecule has 3 N–H and O–H groups in total. The molecule has 1 amide bonds. The molecule has 2 rings (SSSR count). The predicted molar refractivity (Wildman–Crippen MR) is 73.8 cm³/mol. The Kier molecular flexibility index (Phi) is 4.95. The molecule has 0 spiro atoms. The lowest BCUT2D eigenvalue weighted by Gasteiger charge is -2.21. The van der Waals surface area contributed by atoms with Gasteiger partial charge < -0.3 is 20.5 Å². The van der Waals surface area contributed by atoms with Gasteiger partial charge in [0.2, 0.25) is 5.91 Å². The Morgan fingerprint density at radius 1 is 1.35 bits per heavy atom. The van der Waals surface area contributed by atoms with Crippen LogP contribution in [0.4, 0.5) is 5.69 Å². The smallest absolute Gasteiger partial charge is 0.341 e. The molecule has 108 valence electrons. The molecule has 1 saturated heterocycles. The zero-order chi connectivity index (χ0) is 14.4. The van der Waals surface area contributed by atoms with Gasteiger partial charge in [0.1, 0.15) is 5.75 Å². The number of amides is 1. The SMILES string of the molecule is O=C(O)COc1ccc(NC(=O)[C@@H]2CCCNC2)cc1. The second kappa shape index (κ2) is 6.91. The van der Waals surface area contributed by atoms with Crippen LogP contribution in [0, 0.1) is 5.92 Å². The van der Waals surface area contributed by atoms with E-state index in [2.05, 4.69) is 10.6 Å². The van der Waals surface area contributed by atoms with Crippen LogP contribution in [0.2, 0.25) is 0 Å². The lowest BCUT2D eigenvalue weighted by molar-refractivity contribution is -0.139. The Balaban J connectivity index is 1.86. The number of benzene rings is 1. The summed E-state index contributed by atoms with van der Waals surface area (Å²) in [6.07, 6.45) is 1.92. The van der Waals surface area contributed by atoms with Gasteiger partial charge in [-0.2, -0.15) is 0 Å². The van der Waals surface area contributed by atoms with E-state index in [0.29, 0.717) is 18.0 Å². The first-order chi connectivity index (χ1) is 9.65. The van der Waals surface area contributed by atoms with Gasteiger partial charge in [0.15, 0.2) is 6.61 Å². The summed E-state index contributed by atoms with van der Waals surface area (Å²) in [4.78, 5) is 22.4. The van der Waals surface area contributed by atoms with E-state index in [1.165, 1.54) is 0 Å². The molecule has 1 fully saturated rings. The third-order valence-corrected chi connectivity index (χ3v) is 3.15. The number of ether oxygens (including phenoxy) is 1. The lowest BCUT2D eigenvalue weighted by Crippen LogP contribution is -2.37. The largest absolute Gasteiger partial charge is 0.482 e. The number of carbonyl (C=O) groups excluding carboxylic acids is 1. The van der Waals surface area contributed by atoms with Crippen molar-refractivity contribution in [1.29, 1.82) is 0 Å². The van der Waals surface area contributed by atoms with E-state index in [9.17, 15) is 9.59 Å². The molecule has 0 aromatic heterocycles. The second-order valence-electron chi connectivity index (χ2n) is 4.74. The van der Waals surface area contributed by atoms with Gasteiger partial charge in [0.25, 0.3) is 0 Å². The molecule has 1 aromatic rings. The van der Waals surface area contributed by atoms with Crippen LogP contribution < -0.4 is 15.4 Å². The number of rotatable bonds is 5. The number of piperidine rings is 1. The Bertz CT molecular complexity index is 467. The normalized spacial score (nSPS) is 18.3. The van der Waals surface area contributed by atoms with E-state index in [-0.39, 0.29) is 18.4 Å². The summed E-state index contributed by atoms with van der Waals surface area (Å²) in [5.74, 6) is -0.542. The number of aliphatic carboxylic acids is 1. The van der Waals surface area contributed by atoms with Gasteiger partial charge in [0.05, 0.1) is 5.92 Å². The van der Waals surface area contributed by atoms with Crippen molar-refractivity contribution in [2.75, 3.05) is 25.0 Å². The van der Waals surface area contributed by atoms with Gasteiger partial charge >= 0.3 is 5.97 Å². The van der Waals surface area contributed by atoms with Crippen LogP contribution in [-0.4, -0.2) is 36.7 Å². The number of hydrogen-bond donors (Lipinski definition) is 3. The molecule has 0 saturated carbocycles. The van der Waals surface area contributed by atoms with Crippen molar-refractivity contribution in [1.82, 2.24) is 5.32 Å². The maximum absolute atomic E-state index is 12.0. The quantitative estimate of drug-likeness (QED) is 0.750. The van der Waals surface area contributed by atoms with Crippen LogP contribution in [0.1, 0.15) is 12.8 Å². The number of carboxylic acid groups (broad SMARTS) is 1. The highest BCUT2D eigenvalue weighted by Gasteiger charge is 2.20. The molecule has 0 radical (unpaired) electrons. The van der Waals surface area contributed by atoms with Crippen molar-refractivity contribution in [3.05, 3.63) is 24.3 Å². The molecular weight excluding hydrogens is 260 g/mol. The third kappa shape index (κ3) is 4.24. The minimum Gasteiger partial charge on any atom is -0.482 e. The predicted octanol–water partition coefficient (Wildman–Crippen LogP) is 1.09. The molecule has 1 aromatic carbocycles. The number of carboxylic acids is 1. The number of nitrogens with one attached hydrogen (secondary N) is 2. The van der Waals surface area contributed by atoms with E-state index in [1.807, 2.05) is 0 Å². The minimum atomic E-state index is -1.02. The van der Waals surface area contributed by atoms with E-state index < -0.39 is 5.97 Å². The topological polar surface area (TPSA) is 87.7 Å². The summed E-state index contributed by atoms with van der Waals surface area (Å²) in [6.45, 7) is 1.31. The van der Waals surface area contributed by atoms with Gasteiger partial charge in [-0.25, -0.2) is 4.79 Å². The summed E-state index contributed by atoms with van der Waals surface area (Å²) in [6, 6.07) is 6.67. The zero-order valence-corrected chi connectivity index (χ0v) is 11.1. The summed E-state index contributed by atoms with van der Waals surface area (Å²) in [7, 11) is 0. The van der Waals surface area contributed by atoms with E-state index in [1.54, 1.807) is 24.3 Å². The van der Waals surface area contributed by atoms with Crippen LogP contribution in [0.3, 0.4) is 0 Å². The molecule has 0 aliphatic carbocycles. The molecule has 1 aliphatic heterocycles. The average Bonchev–Trinajstić information content (AvgIpc) is 2.47. The molecular formula is C14H18N2O4. The number of anilines is 1.